The van der Waals surface area contributed by atoms with Crippen molar-refractivity contribution in [2.45, 2.75) is 80.5 Å². The molecule has 22 nitrogen and oxygen atoms in total. The Kier molecular flexibility index (Phi) is 24.7. The van der Waals surface area contributed by atoms with Crippen LogP contribution in [0.5, 0.6) is 11.5 Å². The number of hydrogen-bond acceptors (Lipinski definition) is 15. The molecule has 0 aliphatic carbocycles. The van der Waals surface area contributed by atoms with Crippen LogP contribution in [0.15, 0.2) is 34.1 Å². The molecule has 0 bridgehead atoms. The molecule has 0 aliphatic heterocycles. The van der Waals surface area contributed by atoms with Crippen LogP contribution in [0.25, 0.3) is 0 Å². The third kappa shape index (κ3) is 19.6. The monoisotopic (exact) mass is 1230 g/mol. The van der Waals surface area contributed by atoms with E-state index in [0.717, 1.165) is 38.1 Å². The van der Waals surface area contributed by atoms with Gasteiger partial charge in [0.2, 0.25) is 70.5 Å². The number of rotatable bonds is 28. The van der Waals surface area contributed by atoms with Crippen LogP contribution < -0.4 is 53.0 Å². The molecule has 10 N–H and O–H groups in total. The van der Waals surface area contributed by atoms with Gasteiger partial charge in [0.1, 0.15) is 36.0 Å². The second-order valence-electron chi connectivity index (χ2n) is 17.6. The summed E-state index contributed by atoms with van der Waals surface area (Å²) in [5, 5.41) is 17.1. The van der Waals surface area contributed by atoms with E-state index in [0.29, 0.717) is 0 Å². The zero-order valence-corrected chi connectivity index (χ0v) is 44.7. The van der Waals surface area contributed by atoms with E-state index in [4.69, 9.17) is 10.5 Å². The highest BCUT2D eigenvalue weighted by molar-refractivity contribution is 7.99. The van der Waals surface area contributed by atoms with Crippen LogP contribution in [0.4, 0.5) is 52.7 Å². The third-order valence-electron chi connectivity index (χ3n) is 10.7. The SMILES string of the molecule is CC(=O)NC(Cc1ccc(Oc2c(F)c(F)nc(F)c2F)cc1)C(=O)NC(CSc1c(F)c(F)nc(F)c1F)C(=O)NCC(=O)NCC(=O)NCC(=O)NC(CSc1c(F)c(F)nc(F)c1F)C(=O)NC(C)C(=O)NC(CC(C)C)C(N)=O. The fraction of sp³-hybridized carbons (Fsp3) is 0.362. The quantitative estimate of drug-likeness (QED) is 0.0223. The molecule has 36 heteroatoms. The summed E-state index contributed by atoms with van der Waals surface area (Å²) >= 11 is -0.0749. The van der Waals surface area contributed by atoms with Crippen molar-refractivity contribution in [3.05, 3.63) is 100 Å². The smallest absolute Gasteiger partial charge is 0.255 e. The van der Waals surface area contributed by atoms with Gasteiger partial charge in [-0.15, -0.1) is 23.5 Å². The first kappa shape index (κ1) is 67.1. The molecule has 83 heavy (non-hydrogen) atoms. The van der Waals surface area contributed by atoms with Crippen molar-refractivity contribution < 1.29 is 101 Å². The summed E-state index contributed by atoms with van der Waals surface area (Å²) in [4.78, 5) is 120. The number of pyridine rings is 3. The van der Waals surface area contributed by atoms with Gasteiger partial charge in [0.05, 0.1) is 29.4 Å². The molecule has 3 heterocycles. The molecule has 0 aliphatic rings. The number of amides is 9. The average molecular weight is 1230 g/mol. The number of benzene rings is 1. The Morgan fingerprint density at radius 1 is 0.494 bits per heavy atom. The number of nitrogens with one attached hydrogen (secondary N) is 8. The summed E-state index contributed by atoms with van der Waals surface area (Å²) in [6, 6.07) is -3.86. The van der Waals surface area contributed by atoms with Crippen LogP contribution in [0, 0.1) is 76.5 Å². The summed E-state index contributed by atoms with van der Waals surface area (Å²) < 4.78 is 174. The van der Waals surface area contributed by atoms with Gasteiger partial charge in [-0.1, -0.05) is 26.0 Å². The summed E-state index contributed by atoms with van der Waals surface area (Å²) in [7, 11) is 0. The Morgan fingerprint density at radius 3 is 1.35 bits per heavy atom. The number of nitrogens with zero attached hydrogens (tertiary/aromatic N) is 3. The second kappa shape index (κ2) is 30.6. The Hall–Kier alpha value is -8.44. The highest BCUT2D eigenvalue weighted by Crippen LogP contribution is 2.31. The van der Waals surface area contributed by atoms with Gasteiger partial charge in [0, 0.05) is 24.9 Å². The minimum atomic E-state index is -2.10. The number of primary amides is 1. The molecule has 4 aromatic rings. The van der Waals surface area contributed by atoms with Gasteiger partial charge in [-0.3, -0.25) is 43.2 Å². The van der Waals surface area contributed by atoms with E-state index in [9.17, 15) is 95.8 Å². The highest BCUT2D eigenvalue weighted by Gasteiger charge is 2.32. The van der Waals surface area contributed by atoms with Crippen LogP contribution in [-0.2, 0) is 49.6 Å². The van der Waals surface area contributed by atoms with Crippen molar-refractivity contribution in [1.82, 2.24) is 57.5 Å². The van der Waals surface area contributed by atoms with Gasteiger partial charge in [0.15, 0.2) is 23.3 Å². The van der Waals surface area contributed by atoms with Crippen LogP contribution >= 0.6 is 23.5 Å². The molecule has 0 spiro atoms. The molecule has 3 aromatic heterocycles. The number of carbonyl (C=O) groups is 9. The standard InChI is InChI=1S/C47H46F12N12O10S2/c1-16(2)9-21(43(60)76)67-44(77)17(3)64-47(80)24(15-83-36-32(52)41(58)71-42(59)33(36)53)66-27(75)13-62-25(73)11-61-26(74)12-63-45(78)23(14-82-35-30(50)39(56)70-40(57)31(35)51)68-46(79)22(65-18(4)72)10-19-5-7-20(8-6-19)81-34-28(48)37(54)69-38(55)29(34)49/h5-8,16-17,21-24H,9-15H2,1-4H3,(H2,60,76)(H,61,74)(H,62,73)(H,63,78)(H,64,80)(H,65,72)(H,66,75)(H,67,77)(H,68,79). The maximum absolute atomic E-state index is 14.6. The van der Waals surface area contributed by atoms with Crippen LogP contribution in [-0.4, -0.2) is 129 Å². The van der Waals surface area contributed by atoms with Gasteiger partial charge in [-0.05, 0) is 37.0 Å². The number of hydrogen-bond donors (Lipinski definition) is 9. The van der Waals surface area contributed by atoms with Gasteiger partial charge in [-0.25, -0.2) is 17.6 Å². The lowest BCUT2D eigenvalue weighted by Gasteiger charge is -2.23. The Morgan fingerprint density at radius 2 is 0.904 bits per heavy atom. The third-order valence-corrected chi connectivity index (χ3v) is 13.0. The summed E-state index contributed by atoms with van der Waals surface area (Å²) in [6.45, 7) is 2.47. The lowest BCUT2D eigenvalue weighted by Crippen LogP contribution is -2.57. The van der Waals surface area contributed by atoms with Crippen molar-refractivity contribution in [3.63, 3.8) is 0 Å². The van der Waals surface area contributed by atoms with Crippen molar-refractivity contribution in [2.24, 2.45) is 11.7 Å². The lowest BCUT2D eigenvalue weighted by atomic mass is 10.0. The number of nitrogens with two attached hydrogens (primary N) is 1. The average Bonchev–Trinajstić information content (AvgIpc) is 3.43. The van der Waals surface area contributed by atoms with Gasteiger partial charge < -0.3 is 53.0 Å². The Balaban J connectivity index is 1.42. The maximum Gasteiger partial charge on any atom is 0.255 e. The predicted molar refractivity (Wildman–Crippen MR) is 263 cm³/mol. The molecule has 450 valence electrons. The number of ether oxygens (including phenoxy) is 1. The minimum Gasteiger partial charge on any atom is -0.451 e. The predicted octanol–water partition coefficient (Wildman–Crippen LogP) is 1.80. The van der Waals surface area contributed by atoms with E-state index in [-0.39, 0.29) is 41.4 Å². The zero-order chi connectivity index (χ0) is 62.2. The van der Waals surface area contributed by atoms with Crippen LogP contribution in [0.1, 0.15) is 39.7 Å². The van der Waals surface area contributed by atoms with Crippen molar-refractivity contribution in [1.29, 1.82) is 0 Å². The molecule has 4 rings (SSSR count). The molecule has 0 saturated heterocycles. The molecule has 0 saturated carbocycles. The fourth-order valence-corrected chi connectivity index (χ4v) is 8.61. The van der Waals surface area contributed by atoms with E-state index in [2.05, 4.69) is 41.5 Å². The van der Waals surface area contributed by atoms with E-state index >= 15 is 0 Å². The normalized spacial score (nSPS) is 12.9. The number of aromatic nitrogens is 3. The molecule has 0 radical (unpaired) electrons. The van der Waals surface area contributed by atoms with E-state index < -0.39 is 213 Å². The van der Waals surface area contributed by atoms with E-state index in [1.165, 1.54) is 0 Å². The fourth-order valence-electron chi connectivity index (χ4n) is 6.63. The maximum atomic E-state index is 14.6. The van der Waals surface area contributed by atoms with Crippen LogP contribution in [0.3, 0.4) is 0 Å². The second-order valence-corrected chi connectivity index (χ2v) is 19.6. The number of halogens is 12. The topological polar surface area (TPSA) is 324 Å². The lowest BCUT2D eigenvalue weighted by molar-refractivity contribution is -0.133. The molecule has 5 atom stereocenters. The summed E-state index contributed by atoms with van der Waals surface area (Å²) in [5.41, 5.74) is 5.48. The first-order chi connectivity index (χ1) is 38.9. The first-order valence-corrected chi connectivity index (χ1v) is 25.6. The largest absolute Gasteiger partial charge is 0.451 e. The molecular weight excluding hydrogens is 1180 g/mol. The molecule has 1 aromatic carbocycles. The van der Waals surface area contributed by atoms with Gasteiger partial charge >= 0.3 is 0 Å². The van der Waals surface area contributed by atoms with E-state index in [1.54, 1.807) is 13.8 Å². The van der Waals surface area contributed by atoms with Crippen molar-refractivity contribution in [3.8, 4) is 11.5 Å². The van der Waals surface area contributed by atoms with E-state index in [1.807, 2.05) is 16.0 Å². The van der Waals surface area contributed by atoms with Crippen molar-refractivity contribution in [2.75, 3.05) is 31.1 Å². The van der Waals surface area contributed by atoms with Gasteiger partial charge in [-0.2, -0.15) is 50.1 Å². The Bertz CT molecular complexity index is 3060. The molecule has 5 unspecified atom stereocenters. The molecular formula is C47H46F12N12O10S2. The molecule has 9 amide bonds. The van der Waals surface area contributed by atoms with Crippen LogP contribution in [0.2, 0.25) is 0 Å². The zero-order valence-electron chi connectivity index (χ0n) is 43.1. The summed E-state index contributed by atoms with van der Waals surface area (Å²) in [5.74, 6) is -38.3. The Labute approximate surface area is 468 Å². The highest BCUT2D eigenvalue weighted by atomic mass is 32.2. The van der Waals surface area contributed by atoms with Crippen molar-refractivity contribution >= 4 is 76.7 Å². The number of carbonyl (C=O) groups excluding carboxylic acids is 9. The summed E-state index contributed by atoms with van der Waals surface area (Å²) in [6.07, 6.45) is -0.380. The number of thioether (sulfide) groups is 2. The van der Waals surface area contributed by atoms with Gasteiger partial charge in [0.25, 0.3) is 35.7 Å². The first-order valence-electron chi connectivity index (χ1n) is 23.6. The molecule has 0 fully saturated rings. The minimum absolute atomic E-state index is 0.0129.